The number of urea groups is 1. The normalized spacial score (nSPS) is 13.8. The van der Waals surface area contributed by atoms with Crippen molar-refractivity contribution in [2.45, 2.75) is 6.42 Å². The van der Waals surface area contributed by atoms with Gasteiger partial charge in [0.1, 0.15) is 5.75 Å². The van der Waals surface area contributed by atoms with E-state index < -0.39 is 6.03 Å². The van der Waals surface area contributed by atoms with Gasteiger partial charge < -0.3 is 15.0 Å². The zero-order valence-electron chi connectivity index (χ0n) is 19.6. The third-order valence-electron chi connectivity index (χ3n) is 5.74. The van der Waals surface area contributed by atoms with Crippen molar-refractivity contribution in [3.05, 3.63) is 90.5 Å². The third-order valence-corrected chi connectivity index (χ3v) is 6.45. The maximum Gasteiger partial charge on any atom is 0.329 e. The molecule has 1 heterocycles. The van der Waals surface area contributed by atoms with Crippen LogP contribution in [0.4, 0.5) is 16.2 Å². The van der Waals surface area contributed by atoms with Gasteiger partial charge in [-0.2, -0.15) is 0 Å². The van der Waals surface area contributed by atoms with E-state index in [0.29, 0.717) is 17.9 Å². The summed E-state index contributed by atoms with van der Waals surface area (Å²) in [4.78, 5) is 29.0. The van der Waals surface area contributed by atoms with Crippen LogP contribution in [0.5, 0.6) is 5.75 Å². The number of carbonyl (C=O) groups excluding carboxylic acids is 2. The second kappa shape index (κ2) is 12.8. The van der Waals surface area contributed by atoms with Crippen molar-refractivity contribution >= 4 is 34.5 Å². The number of piperazine rings is 1. The van der Waals surface area contributed by atoms with Crippen LogP contribution >= 0.6 is 11.9 Å². The highest BCUT2D eigenvalue weighted by Gasteiger charge is 2.16. The number of rotatable bonds is 8. The van der Waals surface area contributed by atoms with Gasteiger partial charge in [0, 0.05) is 61.6 Å². The average molecular weight is 491 g/mol. The highest BCUT2D eigenvalue weighted by molar-refractivity contribution is 8.12. The van der Waals surface area contributed by atoms with Crippen LogP contribution in [0.25, 0.3) is 0 Å². The first-order valence-electron chi connectivity index (χ1n) is 11.8. The van der Waals surface area contributed by atoms with E-state index in [1.165, 1.54) is 5.69 Å². The number of nitrogens with one attached hydrogen (secondary N) is 2. The number of para-hydroxylation sites is 1. The van der Waals surface area contributed by atoms with Gasteiger partial charge in [-0.15, -0.1) is 0 Å². The fourth-order valence-electron chi connectivity index (χ4n) is 3.86. The topological polar surface area (TPSA) is 73.9 Å². The molecule has 3 aromatic carbocycles. The largest absolute Gasteiger partial charge is 0.494 e. The van der Waals surface area contributed by atoms with Crippen molar-refractivity contribution < 1.29 is 14.3 Å². The number of amides is 2. The van der Waals surface area contributed by atoms with Crippen LogP contribution in [0.2, 0.25) is 0 Å². The zero-order valence-corrected chi connectivity index (χ0v) is 20.4. The lowest BCUT2D eigenvalue weighted by Crippen LogP contribution is -2.46. The number of benzene rings is 3. The molecule has 0 spiro atoms. The molecule has 1 saturated heterocycles. The van der Waals surface area contributed by atoms with Crippen molar-refractivity contribution in [3.8, 4) is 5.75 Å². The lowest BCUT2D eigenvalue weighted by Gasteiger charge is -2.36. The Labute approximate surface area is 210 Å². The molecule has 7 nitrogen and oxygen atoms in total. The van der Waals surface area contributed by atoms with E-state index in [1.54, 1.807) is 36.4 Å². The molecule has 2 amide bonds. The first kappa shape index (κ1) is 24.6. The number of nitrogens with zero attached hydrogens (tertiary/aromatic N) is 2. The van der Waals surface area contributed by atoms with E-state index in [-0.39, 0.29) is 5.12 Å². The maximum atomic E-state index is 12.1. The van der Waals surface area contributed by atoms with Gasteiger partial charge in [-0.3, -0.25) is 14.4 Å². The molecule has 182 valence electrons. The Morgan fingerprint density at radius 3 is 2.17 bits per heavy atom. The predicted molar refractivity (Wildman–Crippen MR) is 142 cm³/mol. The molecule has 2 N–H and O–H groups in total. The van der Waals surface area contributed by atoms with Gasteiger partial charge in [0.2, 0.25) is 5.12 Å². The zero-order chi connectivity index (χ0) is 24.3. The number of anilines is 2. The minimum atomic E-state index is -0.458. The summed E-state index contributed by atoms with van der Waals surface area (Å²) >= 11 is 0.752. The van der Waals surface area contributed by atoms with Crippen molar-refractivity contribution in [1.29, 1.82) is 0 Å². The van der Waals surface area contributed by atoms with E-state index in [1.807, 2.05) is 18.2 Å². The monoisotopic (exact) mass is 490 g/mol. The fraction of sp³-hybridized carbons (Fsp3) is 0.259. The van der Waals surface area contributed by atoms with Crippen LogP contribution in [-0.4, -0.2) is 55.4 Å². The summed E-state index contributed by atoms with van der Waals surface area (Å²) in [6.07, 6.45) is 0.959. The van der Waals surface area contributed by atoms with E-state index in [2.05, 4.69) is 50.2 Å². The summed E-state index contributed by atoms with van der Waals surface area (Å²) in [5.74, 6) is 0.762. The molecule has 8 heteroatoms. The summed E-state index contributed by atoms with van der Waals surface area (Å²) < 4.78 is 8.37. The van der Waals surface area contributed by atoms with Crippen LogP contribution < -0.4 is 19.7 Å². The first-order chi connectivity index (χ1) is 17.2. The molecule has 1 aliphatic rings. The molecule has 0 aromatic heterocycles. The Morgan fingerprint density at radius 2 is 1.49 bits per heavy atom. The second-order valence-corrected chi connectivity index (χ2v) is 8.98. The Hall–Kier alpha value is -3.49. The van der Waals surface area contributed by atoms with Crippen LogP contribution in [0.1, 0.15) is 16.8 Å². The standard InChI is InChI=1S/C27H30N4O3S/c32-26(22-8-3-1-4-9-22)35-29-27(33)28-23-12-14-25(15-13-23)34-21-7-16-30-17-19-31(20-18-30)24-10-5-2-6-11-24/h1-6,8-15H,7,16-21H2,(H2,28,29,33). The highest BCUT2D eigenvalue weighted by Crippen LogP contribution is 2.18. The molecular formula is C27H30N4O3S. The molecule has 0 bridgehead atoms. The van der Waals surface area contributed by atoms with E-state index in [9.17, 15) is 9.59 Å². The molecule has 1 fully saturated rings. The van der Waals surface area contributed by atoms with Crippen LogP contribution in [0.3, 0.4) is 0 Å². The number of hydrogen-bond donors (Lipinski definition) is 2. The van der Waals surface area contributed by atoms with Gasteiger partial charge in [-0.1, -0.05) is 48.5 Å². The Kier molecular flexibility index (Phi) is 9.03. The van der Waals surface area contributed by atoms with Gasteiger partial charge in [-0.05, 0) is 42.8 Å². The second-order valence-electron chi connectivity index (χ2n) is 8.20. The lowest BCUT2D eigenvalue weighted by atomic mass is 10.2. The van der Waals surface area contributed by atoms with E-state index in [4.69, 9.17) is 4.74 Å². The van der Waals surface area contributed by atoms with E-state index in [0.717, 1.165) is 56.8 Å². The molecule has 0 unspecified atom stereocenters. The molecular weight excluding hydrogens is 460 g/mol. The van der Waals surface area contributed by atoms with Gasteiger partial charge in [0.15, 0.2) is 0 Å². The van der Waals surface area contributed by atoms with Crippen molar-refractivity contribution in [1.82, 2.24) is 9.62 Å². The fourth-order valence-corrected chi connectivity index (χ4v) is 4.35. The summed E-state index contributed by atoms with van der Waals surface area (Å²) in [5.41, 5.74) is 2.46. The summed E-state index contributed by atoms with van der Waals surface area (Å²) in [6.45, 7) is 5.88. The lowest BCUT2D eigenvalue weighted by molar-refractivity contribution is 0.108. The molecule has 0 aliphatic carbocycles. The molecule has 0 radical (unpaired) electrons. The third kappa shape index (κ3) is 7.77. The van der Waals surface area contributed by atoms with Crippen LogP contribution in [0, 0.1) is 0 Å². The quantitative estimate of drug-likeness (QED) is 0.346. The van der Waals surface area contributed by atoms with Crippen molar-refractivity contribution in [2.75, 3.05) is 49.5 Å². The van der Waals surface area contributed by atoms with E-state index >= 15 is 0 Å². The smallest absolute Gasteiger partial charge is 0.329 e. The first-order valence-corrected chi connectivity index (χ1v) is 12.6. The van der Waals surface area contributed by atoms with Crippen molar-refractivity contribution in [3.63, 3.8) is 0 Å². The number of carbonyl (C=O) groups is 2. The minimum absolute atomic E-state index is 0.220. The SMILES string of the molecule is O=C(NSC(=O)c1ccccc1)Nc1ccc(OCCCN2CCN(c3ccccc3)CC2)cc1. The Morgan fingerprint density at radius 1 is 0.829 bits per heavy atom. The molecule has 0 saturated carbocycles. The van der Waals surface area contributed by atoms with Gasteiger partial charge >= 0.3 is 6.03 Å². The number of hydrogen-bond acceptors (Lipinski definition) is 6. The minimum Gasteiger partial charge on any atom is -0.494 e. The Balaban J connectivity index is 1.10. The molecule has 4 rings (SSSR count). The summed E-state index contributed by atoms with van der Waals surface area (Å²) in [7, 11) is 0. The summed E-state index contributed by atoms with van der Waals surface area (Å²) in [5, 5.41) is 2.49. The van der Waals surface area contributed by atoms with Crippen LogP contribution in [-0.2, 0) is 0 Å². The molecule has 3 aromatic rings. The molecule has 35 heavy (non-hydrogen) atoms. The maximum absolute atomic E-state index is 12.1. The van der Waals surface area contributed by atoms with Gasteiger partial charge in [0.05, 0.1) is 6.61 Å². The predicted octanol–water partition coefficient (Wildman–Crippen LogP) is 4.89. The van der Waals surface area contributed by atoms with Crippen LogP contribution in [0.15, 0.2) is 84.9 Å². The van der Waals surface area contributed by atoms with Crippen molar-refractivity contribution in [2.24, 2.45) is 0 Å². The Bertz CT molecular complexity index is 1070. The average Bonchev–Trinajstić information content (AvgIpc) is 2.92. The van der Waals surface area contributed by atoms with Gasteiger partial charge in [-0.25, -0.2) is 4.79 Å². The molecule has 1 aliphatic heterocycles. The van der Waals surface area contributed by atoms with Gasteiger partial charge in [0.25, 0.3) is 0 Å². The highest BCUT2D eigenvalue weighted by atomic mass is 32.2. The summed E-state index contributed by atoms with van der Waals surface area (Å²) in [6, 6.07) is 26.1. The molecule has 0 atom stereocenters. The number of ether oxygens (including phenoxy) is 1.